The lowest BCUT2D eigenvalue weighted by atomic mass is 9.87. The second kappa shape index (κ2) is 39.9. The number of aliphatic imine (C=N–C) groups is 2. The van der Waals surface area contributed by atoms with Crippen LogP contribution < -0.4 is 0 Å². The molecule has 8 aromatic heterocycles. The number of pyridine rings is 1. The molecule has 0 aliphatic carbocycles. The number of fused-ring (bicyclic) bond motifs is 6. The van der Waals surface area contributed by atoms with Gasteiger partial charge in [-0.25, -0.2) is 39.9 Å². The maximum absolute atomic E-state index is 5.62. The van der Waals surface area contributed by atoms with Gasteiger partial charge in [0.1, 0.15) is 29.3 Å². The summed E-state index contributed by atoms with van der Waals surface area (Å²) in [5.74, 6) is 5.70. The third kappa shape index (κ3) is 28.2. The molecule has 0 saturated heterocycles. The minimum absolute atomic E-state index is 0.0149. The summed E-state index contributed by atoms with van der Waals surface area (Å²) in [7, 11) is 0. The Kier molecular flexibility index (Phi) is 31.9. The van der Waals surface area contributed by atoms with E-state index < -0.39 is 0 Å². The highest BCUT2D eigenvalue weighted by Crippen LogP contribution is 2.36. The van der Waals surface area contributed by atoms with E-state index in [1.54, 1.807) is 53.7 Å². The highest BCUT2D eigenvalue weighted by molar-refractivity contribution is 7.18. The SMILES string of the molecule is CC(C)(C)C1=Nc2ccccc2C1.CC(C)(C)c1nc2ccccc2[nH]1.CC(C)(C)c1nc2ccccc2o1.CC(C)(C)c1nc2ccccc2s1.CC(C)(C)c1ncc[nH]1.CC(C)(C)c1ncccn1.CC(C)(C)c1ncco1.CC(C)(C)c1nccs1.CC(C)c1cccc2c1N=CC2.CC(C)c1cccc2cccnc12. The van der Waals surface area contributed by atoms with E-state index >= 15 is 0 Å². The molecule has 16 rings (SSSR count). The maximum atomic E-state index is 5.62. The molecule has 0 spiro atoms. The molecular formula is C97H127N13O2S2. The number of aromatic amines is 2. The fourth-order valence-corrected chi connectivity index (χ4v) is 12.8. The van der Waals surface area contributed by atoms with Crippen molar-refractivity contribution in [1.29, 1.82) is 0 Å². The third-order valence-corrected chi connectivity index (χ3v) is 20.3. The molecule has 6 aromatic carbocycles. The summed E-state index contributed by atoms with van der Waals surface area (Å²) >= 11 is 3.51. The van der Waals surface area contributed by atoms with Crippen molar-refractivity contribution in [2.75, 3.05) is 0 Å². The Morgan fingerprint density at radius 3 is 1.51 bits per heavy atom. The summed E-state index contributed by atoms with van der Waals surface area (Å²) in [6.07, 6.45) is 18.2. The molecule has 0 atom stereocenters. The van der Waals surface area contributed by atoms with Crippen molar-refractivity contribution in [2.24, 2.45) is 15.4 Å². The first-order chi connectivity index (χ1) is 53.3. The van der Waals surface area contributed by atoms with Gasteiger partial charge in [0.2, 0.25) is 5.89 Å². The second-order valence-electron chi connectivity index (χ2n) is 37.2. The molecule has 17 heteroatoms. The largest absolute Gasteiger partial charge is 0.448 e. The number of para-hydroxylation sites is 8. The van der Waals surface area contributed by atoms with Crippen LogP contribution in [-0.4, -0.2) is 66.8 Å². The molecule has 0 radical (unpaired) electrons. The van der Waals surface area contributed by atoms with Gasteiger partial charge >= 0.3 is 0 Å². The zero-order valence-corrected chi connectivity index (χ0v) is 75.0. The number of thiazole rings is 2. The number of benzene rings is 6. The summed E-state index contributed by atoms with van der Waals surface area (Å²) in [6.45, 7) is 60.2. The van der Waals surface area contributed by atoms with Gasteiger partial charge in [-0.05, 0) is 88.7 Å². The molecule has 604 valence electrons. The lowest BCUT2D eigenvalue weighted by molar-refractivity contribution is 0.392. The monoisotopic (exact) mass is 1570 g/mol. The third-order valence-electron chi connectivity index (χ3n) is 17.6. The summed E-state index contributed by atoms with van der Waals surface area (Å²) in [5.41, 5.74) is 16.3. The minimum Gasteiger partial charge on any atom is -0.448 e. The van der Waals surface area contributed by atoms with E-state index in [4.69, 9.17) is 8.83 Å². The highest BCUT2D eigenvalue weighted by atomic mass is 32.1. The van der Waals surface area contributed by atoms with Gasteiger partial charge in [-0.15, -0.1) is 22.7 Å². The van der Waals surface area contributed by atoms with Crippen LogP contribution in [0.4, 0.5) is 11.4 Å². The lowest BCUT2D eigenvalue weighted by Crippen LogP contribution is -2.19. The molecule has 2 aliphatic heterocycles. The number of H-pyrrole nitrogens is 2. The van der Waals surface area contributed by atoms with Gasteiger partial charge in [-0.1, -0.05) is 291 Å². The Bertz CT molecular complexity index is 4830. The summed E-state index contributed by atoms with van der Waals surface area (Å²) in [6, 6.07) is 51.4. The number of hydrogen-bond acceptors (Lipinski definition) is 15. The summed E-state index contributed by atoms with van der Waals surface area (Å²) in [5, 5.41) is 5.67. The molecule has 10 heterocycles. The van der Waals surface area contributed by atoms with E-state index in [1.165, 1.54) is 53.8 Å². The molecule has 0 fully saturated rings. The smallest absolute Gasteiger partial charge is 0.200 e. The fraction of sp³-hybridized carbons (Fsp3) is 0.412. The normalized spacial score (nSPS) is 12.5. The zero-order chi connectivity index (χ0) is 84.0. The van der Waals surface area contributed by atoms with Crippen molar-refractivity contribution in [3.05, 3.63) is 268 Å². The van der Waals surface area contributed by atoms with Crippen molar-refractivity contribution in [3.63, 3.8) is 0 Å². The maximum Gasteiger partial charge on any atom is 0.200 e. The molecule has 114 heavy (non-hydrogen) atoms. The number of aromatic nitrogens is 11. The van der Waals surface area contributed by atoms with Crippen LogP contribution in [0.2, 0.25) is 0 Å². The molecule has 0 unspecified atom stereocenters. The van der Waals surface area contributed by atoms with E-state index in [2.05, 4.69) is 344 Å². The van der Waals surface area contributed by atoms with Gasteiger partial charge in [0.25, 0.3) is 0 Å². The Labute approximate surface area is 688 Å². The Hall–Kier alpha value is -9.97. The van der Waals surface area contributed by atoms with Gasteiger partial charge in [0.05, 0.1) is 54.4 Å². The van der Waals surface area contributed by atoms with Crippen LogP contribution in [0.15, 0.2) is 225 Å². The summed E-state index contributed by atoms with van der Waals surface area (Å²) in [4.78, 5) is 54.0. The Morgan fingerprint density at radius 1 is 0.421 bits per heavy atom. The van der Waals surface area contributed by atoms with E-state index in [9.17, 15) is 0 Å². The van der Waals surface area contributed by atoms with E-state index in [1.807, 2.05) is 96.9 Å². The first-order valence-corrected chi connectivity index (χ1v) is 41.4. The van der Waals surface area contributed by atoms with Crippen molar-refractivity contribution >= 4 is 89.2 Å². The van der Waals surface area contributed by atoms with Crippen molar-refractivity contribution in [1.82, 2.24) is 54.8 Å². The van der Waals surface area contributed by atoms with Crippen molar-refractivity contribution < 1.29 is 8.83 Å². The average molecular weight is 1570 g/mol. The number of imidazole rings is 2. The molecule has 0 bridgehead atoms. The van der Waals surface area contributed by atoms with Crippen molar-refractivity contribution in [3.8, 4) is 0 Å². The number of oxazole rings is 2. The minimum atomic E-state index is -0.0149. The molecule has 0 amide bonds. The van der Waals surface area contributed by atoms with Gasteiger partial charge < -0.3 is 18.8 Å². The predicted molar refractivity (Wildman–Crippen MR) is 485 cm³/mol. The fourth-order valence-electron chi connectivity index (χ4n) is 11.0. The average Bonchev–Trinajstić information content (AvgIpc) is 1.53. The second-order valence-corrected chi connectivity index (χ2v) is 39.2. The molecule has 0 saturated carbocycles. The quantitative estimate of drug-likeness (QED) is 0.167. The zero-order valence-electron chi connectivity index (χ0n) is 73.3. The number of hydrogen-bond donors (Lipinski definition) is 2. The molecule has 2 aliphatic rings. The first-order valence-electron chi connectivity index (χ1n) is 39.7. The van der Waals surface area contributed by atoms with Crippen LogP contribution in [0.5, 0.6) is 0 Å². The lowest BCUT2D eigenvalue weighted by Gasteiger charge is -2.17. The topological polar surface area (TPSA) is 199 Å². The van der Waals surface area contributed by atoms with Crippen LogP contribution in [0.1, 0.15) is 267 Å². The number of rotatable bonds is 2. The predicted octanol–water partition coefficient (Wildman–Crippen LogP) is 27.3. The van der Waals surface area contributed by atoms with Crippen LogP contribution in [0.3, 0.4) is 0 Å². The number of nitrogens with one attached hydrogen (secondary N) is 2. The first kappa shape index (κ1) is 91.2. The summed E-state index contributed by atoms with van der Waals surface area (Å²) < 4.78 is 12.0. The van der Waals surface area contributed by atoms with Crippen LogP contribution >= 0.6 is 22.7 Å². The standard InChI is InChI=1S/C12H15N.C12H13N.C11H14N2.C11H13NO.C11H13NS.C11H13N.C8H12N2.C7H12N2.C7H11NO.C7H11NS/c1-12(2,3)11-8-9-6-4-5-7-10(9)13-11;1-9(2)11-7-3-5-10-6-4-8-13-12(10)11;3*1-11(2,3)10-12-8-6-4-5-7-9(8)13-10;1-8(2)10-5-3-4-9-6-7-12-11(9)10;1-8(2,3)7-9-5-4-6-10-7;3*1-7(2,3)6-8-4-5-9-6/h4-7H,8H2,1-3H3;3-9H,1-2H3;4-7H,1-3H3,(H,12,13);2*4-7H,1-3H3;3-5,7-8H,6H2,1-2H3;4-6H,1-3H3;4-5H,1-3H3,(H,8,9);2*4-5H,1-3H3. The van der Waals surface area contributed by atoms with E-state index in [0.29, 0.717) is 11.8 Å². The van der Waals surface area contributed by atoms with Crippen LogP contribution in [-0.2, 0) is 50.7 Å². The highest BCUT2D eigenvalue weighted by Gasteiger charge is 2.26. The van der Waals surface area contributed by atoms with Crippen LogP contribution in [0, 0.1) is 5.41 Å². The Morgan fingerprint density at radius 2 is 1.00 bits per heavy atom. The van der Waals surface area contributed by atoms with Crippen LogP contribution in [0.25, 0.3) is 43.3 Å². The Balaban J connectivity index is 0.000000176. The van der Waals surface area contributed by atoms with Gasteiger partial charge in [-0.2, -0.15) is 0 Å². The molecular weight excluding hydrogens is 1440 g/mol. The van der Waals surface area contributed by atoms with E-state index in [-0.39, 0.29) is 43.3 Å². The van der Waals surface area contributed by atoms with E-state index in [0.717, 1.165) is 81.0 Å². The molecule has 15 nitrogen and oxygen atoms in total. The van der Waals surface area contributed by atoms with Gasteiger partial charge in [0, 0.05) is 116 Å². The van der Waals surface area contributed by atoms with Gasteiger partial charge in [0.15, 0.2) is 11.5 Å². The van der Waals surface area contributed by atoms with Gasteiger partial charge in [-0.3, -0.25) is 15.0 Å². The van der Waals surface area contributed by atoms with Crippen molar-refractivity contribution in [2.45, 2.75) is 256 Å². The molecule has 2 N–H and O–H groups in total. The molecule has 14 aromatic rings. The number of nitrogens with zero attached hydrogens (tertiary/aromatic N) is 11.